The van der Waals surface area contributed by atoms with E-state index in [4.69, 9.17) is 14.9 Å². The lowest BCUT2D eigenvalue weighted by atomic mass is 9.64. The summed E-state index contributed by atoms with van der Waals surface area (Å²) >= 11 is 0. The van der Waals surface area contributed by atoms with Crippen LogP contribution in [0.2, 0.25) is 0 Å². The molecule has 0 bridgehead atoms. The van der Waals surface area contributed by atoms with E-state index in [1.165, 1.54) is 75.0 Å². The minimum atomic E-state index is -0.467. The van der Waals surface area contributed by atoms with Gasteiger partial charge in [-0.05, 0) is 127 Å². The monoisotopic (exact) mass is 896 g/mol. The van der Waals surface area contributed by atoms with E-state index in [0.717, 1.165) is 49.2 Å². The Balaban J connectivity index is 0.000000391. The Morgan fingerprint density at radius 1 is 0.721 bits per heavy atom. The zero-order valence-electron chi connectivity index (χ0n) is 40.7. The number of rotatable bonds is 8. The summed E-state index contributed by atoms with van der Waals surface area (Å²) in [6.07, 6.45) is 42.9. The molecule has 0 radical (unpaired) electrons. The van der Waals surface area contributed by atoms with E-state index in [1.807, 2.05) is 6.08 Å². The third-order valence-electron chi connectivity index (χ3n) is 14.6. The summed E-state index contributed by atoms with van der Waals surface area (Å²) in [7, 11) is 0. The van der Waals surface area contributed by atoms with Gasteiger partial charge in [0.05, 0.1) is 5.41 Å². The molecule has 0 amide bonds. The van der Waals surface area contributed by atoms with E-state index >= 15 is 0 Å². The number of fused-ring (bicyclic) bond motifs is 5. The second-order valence-electron chi connectivity index (χ2n) is 19.1. The molecule has 0 aromatic heterocycles. The predicted molar refractivity (Wildman–Crippen MR) is 288 cm³/mol. The summed E-state index contributed by atoms with van der Waals surface area (Å²) in [5, 5.41) is 5.50. The summed E-state index contributed by atoms with van der Waals surface area (Å²) in [5.74, 6) is 2.42. The Bertz CT molecular complexity index is 2710. The molecule has 4 unspecified atom stereocenters. The van der Waals surface area contributed by atoms with Crippen LogP contribution in [0.25, 0.3) is 11.1 Å². The van der Waals surface area contributed by atoms with E-state index in [2.05, 4.69) is 229 Å². The minimum absolute atomic E-state index is 0.0775. The second kappa shape index (κ2) is 21.9. The van der Waals surface area contributed by atoms with Gasteiger partial charge in [-0.1, -0.05) is 215 Å². The zero-order valence-corrected chi connectivity index (χ0v) is 40.7. The fourth-order valence-electron chi connectivity index (χ4n) is 11.1. The van der Waals surface area contributed by atoms with E-state index in [0.29, 0.717) is 5.92 Å². The minimum Gasteiger partial charge on any atom is -0.478 e. The van der Waals surface area contributed by atoms with E-state index in [9.17, 15) is 0 Å². The molecule has 0 spiro atoms. The maximum Gasteiger partial charge on any atom is 0.169 e. The van der Waals surface area contributed by atoms with Gasteiger partial charge in [-0.25, -0.2) is 0 Å². The number of benzene rings is 4. The predicted octanol–water partition coefficient (Wildman–Crippen LogP) is 16.9. The maximum absolute atomic E-state index is 7.20. The molecule has 1 heterocycles. The SMILES string of the molecule is C=CCCC.C=N.CC(C)(C1=CCC(C2=CCCC=C2)C=C1)C1CC=CC=C1c1cccc2c1OC1C=CC3=C(c4ccccc4C3(c3ccccc3)c3ccccc3)C1O2.CC1=CC=CCC1. The van der Waals surface area contributed by atoms with Crippen molar-refractivity contribution in [3.63, 3.8) is 0 Å². The van der Waals surface area contributed by atoms with Gasteiger partial charge in [0.2, 0.25) is 0 Å². The molecule has 7 aliphatic rings. The highest BCUT2D eigenvalue weighted by Gasteiger charge is 2.52. The van der Waals surface area contributed by atoms with Crippen molar-refractivity contribution >= 4 is 17.9 Å². The van der Waals surface area contributed by atoms with E-state index in [1.54, 1.807) is 0 Å². The number of nitrogens with one attached hydrogen (secondary N) is 1. The van der Waals surface area contributed by atoms with Gasteiger partial charge in [0.1, 0.15) is 0 Å². The zero-order chi connectivity index (χ0) is 47.5. The van der Waals surface area contributed by atoms with Crippen molar-refractivity contribution in [3.05, 3.63) is 251 Å². The van der Waals surface area contributed by atoms with Crippen molar-refractivity contribution in [3.8, 4) is 11.5 Å². The average Bonchev–Trinajstić information content (AvgIpc) is 3.71. The number of para-hydroxylation sites is 1. The fourth-order valence-corrected chi connectivity index (χ4v) is 11.1. The molecule has 0 fully saturated rings. The van der Waals surface area contributed by atoms with Crippen LogP contribution >= 0.6 is 0 Å². The van der Waals surface area contributed by atoms with Crippen LogP contribution in [0, 0.1) is 22.7 Å². The first-order chi connectivity index (χ1) is 33.4. The highest BCUT2D eigenvalue weighted by Crippen LogP contribution is 2.59. The van der Waals surface area contributed by atoms with Gasteiger partial charge >= 0.3 is 0 Å². The molecule has 0 saturated heterocycles. The largest absolute Gasteiger partial charge is 0.478 e. The van der Waals surface area contributed by atoms with Crippen LogP contribution in [-0.2, 0) is 5.41 Å². The van der Waals surface area contributed by atoms with Crippen LogP contribution in [0.4, 0.5) is 0 Å². The van der Waals surface area contributed by atoms with Crippen molar-refractivity contribution in [2.45, 2.75) is 96.7 Å². The first kappa shape index (κ1) is 47.8. The highest BCUT2D eigenvalue weighted by atomic mass is 16.6. The van der Waals surface area contributed by atoms with Crippen molar-refractivity contribution in [1.29, 1.82) is 5.41 Å². The summed E-state index contributed by atoms with van der Waals surface area (Å²) in [4.78, 5) is 0. The summed E-state index contributed by atoms with van der Waals surface area (Å²) < 4.78 is 14.4. The number of ether oxygens (including phenoxy) is 2. The molecule has 4 aromatic carbocycles. The molecule has 4 atom stereocenters. The summed E-state index contributed by atoms with van der Waals surface area (Å²) in [6, 6.07) is 37.3. The molecule has 11 rings (SSSR count). The van der Waals surface area contributed by atoms with Crippen LogP contribution in [0.15, 0.2) is 223 Å². The lowest BCUT2D eigenvalue weighted by molar-refractivity contribution is 0.0806. The number of allylic oxidation sites excluding steroid dienone is 19. The van der Waals surface area contributed by atoms with Crippen LogP contribution in [0.1, 0.15) is 107 Å². The standard InChI is InChI=1S/C52H46O2.C7H10.C5H10.CH3N/c1-51(2,37-31-29-36(30-32-37)35-17-6-3-7-18-35)43-26-14-12-23-40(43)41-25-16-28-46-49(41)53-47-34-33-45-48(50(47)54-46)42-24-13-15-27-44(42)52(45,38-19-8-4-9-20-38)39-21-10-5-11-22-39;1-7-5-3-2-4-6-7;1-3-5-4-2;1-2/h4-6,8-25,27-29,31-34,36,43,47,50H,3,7,26,30H2,1-2H3;2-3,5H,4,6H2,1H3;3H,1,4-5H2,2H3;2H,1H2. The lowest BCUT2D eigenvalue weighted by Gasteiger charge is -2.42. The van der Waals surface area contributed by atoms with Crippen molar-refractivity contribution in [2.75, 3.05) is 0 Å². The Labute approximate surface area is 407 Å². The Morgan fingerprint density at radius 3 is 2.06 bits per heavy atom. The van der Waals surface area contributed by atoms with Crippen LogP contribution < -0.4 is 9.47 Å². The molecular formula is C65H69NO2. The Hall–Kier alpha value is -6.71. The summed E-state index contributed by atoms with van der Waals surface area (Å²) in [6.45, 7) is 15.2. The molecule has 1 aliphatic heterocycles. The molecular weight excluding hydrogens is 827 g/mol. The smallest absolute Gasteiger partial charge is 0.169 e. The first-order valence-corrected chi connectivity index (χ1v) is 24.9. The van der Waals surface area contributed by atoms with Crippen molar-refractivity contribution in [1.82, 2.24) is 0 Å². The van der Waals surface area contributed by atoms with Gasteiger partial charge in [0.25, 0.3) is 0 Å². The van der Waals surface area contributed by atoms with Gasteiger partial charge < -0.3 is 14.9 Å². The molecule has 3 nitrogen and oxygen atoms in total. The number of hydrogen-bond acceptors (Lipinski definition) is 3. The molecule has 68 heavy (non-hydrogen) atoms. The first-order valence-electron chi connectivity index (χ1n) is 24.9. The van der Waals surface area contributed by atoms with Gasteiger partial charge in [-0.15, -0.1) is 6.58 Å². The lowest BCUT2D eigenvalue weighted by Crippen LogP contribution is -2.42. The van der Waals surface area contributed by atoms with Gasteiger partial charge in [-0.2, -0.15) is 0 Å². The van der Waals surface area contributed by atoms with Crippen LogP contribution in [0.5, 0.6) is 11.5 Å². The molecule has 4 aromatic rings. The van der Waals surface area contributed by atoms with Gasteiger partial charge in [-0.3, -0.25) is 0 Å². The highest BCUT2D eigenvalue weighted by molar-refractivity contribution is 5.91. The molecule has 6 aliphatic carbocycles. The fraction of sp³-hybridized carbons (Fsp3) is 0.277. The normalized spacial score (nSPS) is 22.1. The molecule has 0 saturated carbocycles. The quantitative estimate of drug-likeness (QED) is 0.141. The Morgan fingerprint density at radius 2 is 1.44 bits per heavy atom. The second-order valence-corrected chi connectivity index (χ2v) is 19.1. The van der Waals surface area contributed by atoms with Crippen molar-refractivity contribution in [2.24, 2.45) is 17.3 Å². The summed E-state index contributed by atoms with van der Waals surface area (Å²) in [5.41, 5.74) is 13.8. The maximum atomic E-state index is 7.20. The van der Waals surface area contributed by atoms with Crippen LogP contribution in [-0.4, -0.2) is 18.9 Å². The van der Waals surface area contributed by atoms with Gasteiger partial charge in [0.15, 0.2) is 23.7 Å². The molecule has 3 heteroatoms. The third-order valence-corrected chi connectivity index (χ3v) is 14.6. The van der Waals surface area contributed by atoms with E-state index < -0.39 is 5.41 Å². The topological polar surface area (TPSA) is 42.3 Å². The molecule has 1 N–H and O–H groups in total. The van der Waals surface area contributed by atoms with E-state index in [-0.39, 0.29) is 23.5 Å². The number of hydrogen-bond donors (Lipinski definition) is 1. The van der Waals surface area contributed by atoms with Crippen LogP contribution in [0.3, 0.4) is 0 Å². The average molecular weight is 896 g/mol. The number of unbranched alkanes of at least 4 members (excludes halogenated alkanes) is 1. The van der Waals surface area contributed by atoms with Gasteiger partial charge in [0, 0.05) is 17.1 Å². The third kappa shape index (κ3) is 9.41. The van der Waals surface area contributed by atoms with Crippen molar-refractivity contribution < 1.29 is 9.47 Å². The molecule has 346 valence electrons. The Kier molecular flexibility index (Phi) is 15.4.